The smallest absolute Gasteiger partial charge is 0.0363 e. The van der Waals surface area contributed by atoms with E-state index in [1.54, 1.807) is 0 Å². The van der Waals surface area contributed by atoms with Crippen LogP contribution in [0, 0.1) is 6.92 Å². The first-order chi connectivity index (χ1) is 9.70. The van der Waals surface area contributed by atoms with Gasteiger partial charge in [-0.15, -0.1) is 0 Å². The lowest BCUT2D eigenvalue weighted by Gasteiger charge is -2.28. The number of nitrogens with zero attached hydrogens (tertiary/aromatic N) is 1. The molecule has 3 nitrogen and oxygen atoms in total. The second kappa shape index (κ2) is 7.91. The molecule has 1 fully saturated rings. The fourth-order valence-corrected chi connectivity index (χ4v) is 3.93. The van der Waals surface area contributed by atoms with E-state index in [2.05, 4.69) is 48.3 Å². The van der Waals surface area contributed by atoms with Crippen LogP contribution in [0.15, 0.2) is 24.3 Å². The maximum Gasteiger partial charge on any atom is 0.0363 e. The van der Waals surface area contributed by atoms with Crippen LogP contribution in [-0.2, 0) is 10.8 Å². The molecule has 0 spiro atoms. The van der Waals surface area contributed by atoms with Crippen molar-refractivity contribution in [1.82, 2.24) is 10.2 Å². The van der Waals surface area contributed by atoms with Crippen molar-refractivity contribution in [2.75, 3.05) is 37.7 Å². The molecule has 4 heteroatoms. The van der Waals surface area contributed by atoms with Gasteiger partial charge in [-0.1, -0.05) is 31.2 Å². The SMILES string of the molecule is CCNC(CCN1CCS(=O)CC1)c1ccccc1C. The van der Waals surface area contributed by atoms with E-state index in [1.165, 1.54) is 11.1 Å². The summed E-state index contributed by atoms with van der Waals surface area (Å²) in [5.41, 5.74) is 2.77. The zero-order valence-electron chi connectivity index (χ0n) is 12.6. The van der Waals surface area contributed by atoms with Gasteiger partial charge in [-0.3, -0.25) is 4.21 Å². The lowest BCUT2D eigenvalue weighted by atomic mass is 9.98. The van der Waals surface area contributed by atoms with Crippen LogP contribution in [0.5, 0.6) is 0 Å². The normalized spacial score (nSPS) is 19.1. The predicted molar refractivity (Wildman–Crippen MR) is 86.5 cm³/mol. The van der Waals surface area contributed by atoms with Gasteiger partial charge in [-0.05, 0) is 31.0 Å². The van der Waals surface area contributed by atoms with E-state index in [9.17, 15) is 4.21 Å². The molecule has 0 aliphatic carbocycles. The summed E-state index contributed by atoms with van der Waals surface area (Å²) in [6, 6.07) is 9.06. The van der Waals surface area contributed by atoms with E-state index in [-0.39, 0.29) is 0 Å². The molecule has 1 atom stereocenters. The van der Waals surface area contributed by atoms with Crippen LogP contribution in [0.4, 0.5) is 0 Å². The summed E-state index contributed by atoms with van der Waals surface area (Å²) in [7, 11) is -0.576. The summed E-state index contributed by atoms with van der Waals surface area (Å²) in [5.74, 6) is 1.69. The first-order valence-electron chi connectivity index (χ1n) is 7.57. The zero-order valence-corrected chi connectivity index (χ0v) is 13.4. The number of hydrogen-bond acceptors (Lipinski definition) is 3. The number of aryl methyl sites for hydroxylation is 1. The van der Waals surface area contributed by atoms with Gasteiger partial charge in [0.2, 0.25) is 0 Å². The average Bonchev–Trinajstić information content (AvgIpc) is 2.46. The van der Waals surface area contributed by atoms with Crippen LogP contribution >= 0.6 is 0 Å². The van der Waals surface area contributed by atoms with Crippen molar-refractivity contribution in [3.8, 4) is 0 Å². The summed E-state index contributed by atoms with van der Waals surface area (Å²) in [6.45, 7) is 8.39. The average molecular weight is 294 g/mol. The van der Waals surface area contributed by atoms with E-state index in [0.717, 1.165) is 44.1 Å². The molecule has 1 unspecified atom stereocenters. The summed E-state index contributed by atoms with van der Waals surface area (Å²) in [5, 5.41) is 3.60. The van der Waals surface area contributed by atoms with E-state index in [4.69, 9.17) is 0 Å². The van der Waals surface area contributed by atoms with E-state index in [1.807, 2.05) is 0 Å². The van der Waals surface area contributed by atoms with Crippen molar-refractivity contribution < 1.29 is 4.21 Å². The van der Waals surface area contributed by atoms with Crippen LogP contribution in [0.25, 0.3) is 0 Å². The third-order valence-electron chi connectivity index (χ3n) is 4.02. The lowest BCUT2D eigenvalue weighted by molar-refractivity contribution is 0.279. The standard InChI is InChI=1S/C16H26N2OS/c1-3-17-16(15-7-5-4-6-14(15)2)8-9-18-10-12-20(19)13-11-18/h4-7,16-17H,3,8-13H2,1-2H3. The Balaban J connectivity index is 1.93. The number of nitrogens with one attached hydrogen (secondary N) is 1. The number of hydrogen-bond donors (Lipinski definition) is 1. The van der Waals surface area contributed by atoms with Gasteiger partial charge in [-0.25, -0.2) is 0 Å². The van der Waals surface area contributed by atoms with Gasteiger partial charge in [0.05, 0.1) is 0 Å². The Labute approximate surface area is 125 Å². The van der Waals surface area contributed by atoms with Crippen molar-refractivity contribution in [1.29, 1.82) is 0 Å². The highest BCUT2D eigenvalue weighted by Gasteiger charge is 2.18. The molecule has 1 heterocycles. The molecule has 0 bridgehead atoms. The highest BCUT2D eigenvalue weighted by atomic mass is 32.2. The molecule has 112 valence electrons. The summed E-state index contributed by atoms with van der Waals surface area (Å²) in [4.78, 5) is 2.45. The second-order valence-corrected chi connectivity index (χ2v) is 7.14. The number of benzene rings is 1. The van der Waals surface area contributed by atoms with Crippen LogP contribution in [0.1, 0.15) is 30.5 Å². The van der Waals surface area contributed by atoms with E-state index >= 15 is 0 Å². The lowest BCUT2D eigenvalue weighted by Crippen LogP contribution is -2.39. The molecule has 0 radical (unpaired) electrons. The number of rotatable bonds is 6. The Bertz CT molecular complexity index is 440. The van der Waals surface area contributed by atoms with Crippen LogP contribution in [0.2, 0.25) is 0 Å². The Hall–Kier alpha value is -0.710. The fraction of sp³-hybridized carbons (Fsp3) is 0.625. The monoisotopic (exact) mass is 294 g/mol. The minimum atomic E-state index is -0.576. The van der Waals surface area contributed by atoms with Gasteiger partial charge in [0.25, 0.3) is 0 Å². The third kappa shape index (κ3) is 4.40. The maximum atomic E-state index is 11.4. The Kier molecular flexibility index (Phi) is 6.20. The van der Waals surface area contributed by atoms with Crippen molar-refractivity contribution in [2.45, 2.75) is 26.3 Å². The van der Waals surface area contributed by atoms with Gasteiger partial charge >= 0.3 is 0 Å². The zero-order chi connectivity index (χ0) is 14.4. The molecule has 1 aromatic carbocycles. The first-order valence-corrected chi connectivity index (χ1v) is 9.05. The minimum absolute atomic E-state index is 0.425. The molecule has 1 aliphatic rings. The molecular weight excluding hydrogens is 268 g/mol. The molecule has 1 saturated heterocycles. The van der Waals surface area contributed by atoms with Crippen LogP contribution in [-0.4, -0.2) is 46.8 Å². The van der Waals surface area contributed by atoms with Gasteiger partial charge in [0.1, 0.15) is 0 Å². The molecule has 2 rings (SSSR count). The minimum Gasteiger partial charge on any atom is -0.310 e. The van der Waals surface area contributed by atoms with E-state index in [0.29, 0.717) is 6.04 Å². The maximum absolute atomic E-state index is 11.4. The van der Waals surface area contributed by atoms with Crippen molar-refractivity contribution >= 4 is 10.8 Å². The van der Waals surface area contributed by atoms with Gasteiger partial charge in [-0.2, -0.15) is 0 Å². The summed E-state index contributed by atoms with van der Waals surface area (Å²) < 4.78 is 11.4. The van der Waals surface area contributed by atoms with Gasteiger partial charge < -0.3 is 10.2 Å². The van der Waals surface area contributed by atoms with Gasteiger partial charge in [0.15, 0.2) is 0 Å². The molecule has 0 aromatic heterocycles. The Morgan fingerprint density at radius 1 is 1.30 bits per heavy atom. The third-order valence-corrected chi connectivity index (χ3v) is 5.29. The molecule has 1 aliphatic heterocycles. The molecule has 0 saturated carbocycles. The molecular formula is C16H26N2OS. The fourth-order valence-electron chi connectivity index (χ4n) is 2.80. The molecule has 1 N–H and O–H groups in total. The summed E-state index contributed by atoms with van der Waals surface area (Å²) in [6.07, 6.45) is 1.12. The second-order valence-electron chi connectivity index (χ2n) is 5.45. The highest BCUT2D eigenvalue weighted by Crippen LogP contribution is 2.21. The van der Waals surface area contributed by atoms with Crippen molar-refractivity contribution in [2.24, 2.45) is 0 Å². The summed E-state index contributed by atoms with van der Waals surface area (Å²) >= 11 is 0. The largest absolute Gasteiger partial charge is 0.310 e. The Morgan fingerprint density at radius 3 is 2.65 bits per heavy atom. The quantitative estimate of drug-likeness (QED) is 0.872. The van der Waals surface area contributed by atoms with E-state index < -0.39 is 10.8 Å². The predicted octanol–water partition coefficient (Wildman–Crippen LogP) is 2.10. The Morgan fingerprint density at radius 2 is 2.00 bits per heavy atom. The topological polar surface area (TPSA) is 32.3 Å². The van der Waals surface area contributed by atoms with Crippen LogP contribution in [0.3, 0.4) is 0 Å². The van der Waals surface area contributed by atoms with Crippen molar-refractivity contribution in [3.05, 3.63) is 35.4 Å². The molecule has 1 aromatic rings. The molecule has 20 heavy (non-hydrogen) atoms. The van der Waals surface area contributed by atoms with Crippen LogP contribution < -0.4 is 5.32 Å². The van der Waals surface area contributed by atoms with Crippen molar-refractivity contribution in [3.63, 3.8) is 0 Å². The molecule has 0 amide bonds. The first kappa shape index (κ1) is 15.7. The highest BCUT2D eigenvalue weighted by molar-refractivity contribution is 7.85. The van der Waals surface area contributed by atoms with Gasteiger partial charge in [0, 0.05) is 48.0 Å².